The van der Waals surface area contributed by atoms with Gasteiger partial charge in [0.05, 0.1) is 11.4 Å². The van der Waals surface area contributed by atoms with Crippen LogP contribution in [0.15, 0.2) is 48.5 Å². The van der Waals surface area contributed by atoms with Crippen molar-refractivity contribution in [3.05, 3.63) is 54.1 Å². The van der Waals surface area contributed by atoms with Crippen LogP contribution in [-0.4, -0.2) is 17.6 Å². The maximum absolute atomic E-state index is 11.8. The van der Waals surface area contributed by atoms with Crippen LogP contribution >= 0.6 is 12.2 Å². The number of nitrogens with one attached hydrogen (secondary N) is 2. The Hall–Kier alpha value is -2.40. The molecule has 1 aliphatic rings. The molecule has 0 unspecified atom stereocenters. The minimum absolute atomic E-state index is 0.0678. The average molecular weight is 297 g/mol. The zero-order chi connectivity index (χ0) is 14.8. The second kappa shape index (κ2) is 5.54. The highest BCUT2D eigenvalue weighted by molar-refractivity contribution is 7.80. The topological polar surface area (TPSA) is 44.4 Å². The molecule has 3 rings (SSSR count). The number of fused-ring (bicyclic) bond motifs is 1. The third-order valence-electron chi connectivity index (χ3n) is 3.32. The van der Waals surface area contributed by atoms with Gasteiger partial charge in [-0.05, 0) is 43.4 Å². The van der Waals surface area contributed by atoms with Crippen LogP contribution in [0.25, 0.3) is 0 Å². The van der Waals surface area contributed by atoms with Crippen molar-refractivity contribution >= 4 is 40.3 Å². The second-order valence-corrected chi connectivity index (χ2v) is 5.33. The molecule has 0 fully saturated rings. The van der Waals surface area contributed by atoms with Crippen LogP contribution in [0, 0.1) is 6.92 Å². The van der Waals surface area contributed by atoms with E-state index >= 15 is 0 Å². The van der Waals surface area contributed by atoms with Crippen molar-refractivity contribution in [3.63, 3.8) is 0 Å². The zero-order valence-electron chi connectivity index (χ0n) is 11.6. The number of carbonyl (C=O) groups excluding carboxylic acids is 1. The molecule has 4 nitrogen and oxygen atoms in total. The fourth-order valence-electron chi connectivity index (χ4n) is 2.24. The predicted octanol–water partition coefficient (Wildman–Crippen LogP) is 3.15. The normalized spacial score (nSPS) is 13.4. The van der Waals surface area contributed by atoms with Crippen LogP contribution in [0.5, 0.6) is 0 Å². The quantitative estimate of drug-likeness (QED) is 0.794. The van der Waals surface area contributed by atoms with Gasteiger partial charge in [-0.25, -0.2) is 0 Å². The van der Waals surface area contributed by atoms with Gasteiger partial charge in [-0.15, -0.1) is 0 Å². The molecule has 0 spiro atoms. The zero-order valence-corrected chi connectivity index (χ0v) is 12.4. The number of para-hydroxylation sites is 2. The van der Waals surface area contributed by atoms with Crippen molar-refractivity contribution in [2.45, 2.75) is 6.92 Å². The van der Waals surface area contributed by atoms with Gasteiger partial charge in [-0.1, -0.05) is 29.8 Å². The van der Waals surface area contributed by atoms with Crippen LogP contribution in [0.4, 0.5) is 17.1 Å². The smallest absolute Gasteiger partial charge is 0.244 e. The summed E-state index contributed by atoms with van der Waals surface area (Å²) < 4.78 is 0. The molecule has 106 valence electrons. The van der Waals surface area contributed by atoms with Crippen LogP contribution in [-0.2, 0) is 4.79 Å². The molecule has 0 saturated heterocycles. The molecule has 0 saturated carbocycles. The van der Waals surface area contributed by atoms with Crippen molar-refractivity contribution < 1.29 is 4.79 Å². The van der Waals surface area contributed by atoms with E-state index in [2.05, 4.69) is 10.6 Å². The highest BCUT2D eigenvalue weighted by Gasteiger charge is 2.24. The van der Waals surface area contributed by atoms with Gasteiger partial charge in [0.2, 0.25) is 5.91 Å². The molecule has 2 aromatic rings. The lowest BCUT2D eigenvalue weighted by Gasteiger charge is -2.31. The molecule has 2 N–H and O–H groups in total. The predicted molar refractivity (Wildman–Crippen MR) is 89.8 cm³/mol. The Morgan fingerprint density at radius 3 is 2.67 bits per heavy atom. The first kappa shape index (κ1) is 13.6. The first-order valence-electron chi connectivity index (χ1n) is 6.67. The average Bonchev–Trinajstić information content (AvgIpc) is 2.48. The summed E-state index contributed by atoms with van der Waals surface area (Å²) in [6.45, 7) is 2.25. The minimum atomic E-state index is -0.0678. The second-order valence-electron chi connectivity index (χ2n) is 4.95. The first-order valence-corrected chi connectivity index (χ1v) is 7.08. The van der Waals surface area contributed by atoms with Crippen LogP contribution in [0.2, 0.25) is 0 Å². The summed E-state index contributed by atoms with van der Waals surface area (Å²) in [5.41, 5.74) is 3.78. The highest BCUT2D eigenvalue weighted by atomic mass is 32.1. The van der Waals surface area contributed by atoms with Gasteiger partial charge in [0.25, 0.3) is 0 Å². The van der Waals surface area contributed by atoms with Crippen LogP contribution in [0.1, 0.15) is 5.56 Å². The maximum Gasteiger partial charge on any atom is 0.244 e. The van der Waals surface area contributed by atoms with Crippen molar-refractivity contribution in [1.29, 1.82) is 0 Å². The molecule has 2 aromatic carbocycles. The number of carbonyl (C=O) groups is 1. The SMILES string of the molecule is Cc1ccc(NC(=S)N2CC(=O)Nc3ccccc32)cc1. The monoisotopic (exact) mass is 297 g/mol. The summed E-state index contributed by atoms with van der Waals surface area (Å²) in [6, 6.07) is 15.6. The lowest BCUT2D eigenvalue weighted by molar-refractivity contribution is -0.115. The van der Waals surface area contributed by atoms with Gasteiger partial charge >= 0.3 is 0 Å². The van der Waals surface area contributed by atoms with E-state index in [0.717, 1.165) is 17.1 Å². The number of thiocarbonyl (C=S) groups is 1. The first-order chi connectivity index (χ1) is 10.1. The Morgan fingerprint density at radius 2 is 1.90 bits per heavy atom. The number of amides is 1. The summed E-state index contributed by atoms with van der Waals surface area (Å²) in [7, 11) is 0. The van der Waals surface area contributed by atoms with E-state index in [4.69, 9.17) is 12.2 Å². The Bertz CT molecular complexity index is 697. The fourth-order valence-corrected chi connectivity index (χ4v) is 2.52. The van der Waals surface area contributed by atoms with Gasteiger partial charge in [0.1, 0.15) is 6.54 Å². The number of nitrogens with zero attached hydrogens (tertiary/aromatic N) is 1. The number of anilines is 3. The Kier molecular flexibility index (Phi) is 3.58. The molecule has 0 atom stereocenters. The molecule has 0 bridgehead atoms. The summed E-state index contributed by atoms with van der Waals surface area (Å²) in [6.07, 6.45) is 0. The van der Waals surface area contributed by atoms with E-state index < -0.39 is 0 Å². The summed E-state index contributed by atoms with van der Waals surface area (Å²) in [4.78, 5) is 13.6. The van der Waals surface area contributed by atoms with Gasteiger partial charge in [0, 0.05) is 5.69 Å². The number of hydrogen-bond acceptors (Lipinski definition) is 2. The summed E-state index contributed by atoms with van der Waals surface area (Å²) in [5, 5.41) is 6.54. The molecule has 1 heterocycles. The van der Waals surface area contributed by atoms with Gasteiger partial charge in [0.15, 0.2) is 5.11 Å². The highest BCUT2D eigenvalue weighted by Crippen LogP contribution is 2.29. The third-order valence-corrected chi connectivity index (χ3v) is 3.64. The van der Waals surface area contributed by atoms with Crippen molar-refractivity contribution in [1.82, 2.24) is 0 Å². The molecular weight excluding hydrogens is 282 g/mol. The standard InChI is InChI=1S/C16H15N3OS/c1-11-6-8-12(9-7-11)17-16(21)19-10-15(20)18-13-4-2-3-5-14(13)19/h2-9H,10H2,1H3,(H,17,21)(H,18,20). The number of aryl methyl sites for hydroxylation is 1. The molecule has 0 radical (unpaired) electrons. The molecule has 21 heavy (non-hydrogen) atoms. The van der Waals surface area contributed by atoms with Crippen LogP contribution < -0.4 is 15.5 Å². The fraction of sp³-hybridized carbons (Fsp3) is 0.125. The summed E-state index contributed by atoms with van der Waals surface area (Å²) in [5.74, 6) is -0.0678. The summed E-state index contributed by atoms with van der Waals surface area (Å²) >= 11 is 5.45. The Labute approximate surface area is 128 Å². The Morgan fingerprint density at radius 1 is 1.19 bits per heavy atom. The number of hydrogen-bond donors (Lipinski definition) is 2. The molecule has 0 aromatic heterocycles. The maximum atomic E-state index is 11.8. The van der Waals surface area contributed by atoms with Gasteiger partial charge < -0.3 is 15.5 Å². The molecule has 0 aliphatic carbocycles. The number of rotatable bonds is 1. The molecule has 5 heteroatoms. The lowest BCUT2D eigenvalue weighted by atomic mass is 10.2. The van der Waals surface area contributed by atoms with E-state index in [9.17, 15) is 4.79 Å². The van der Waals surface area contributed by atoms with Gasteiger partial charge in [-0.3, -0.25) is 4.79 Å². The lowest BCUT2D eigenvalue weighted by Crippen LogP contribution is -2.44. The van der Waals surface area contributed by atoms with Crippen molar-refractivity contribution in [2.75, 3.05) is 22.1 Å². The van der Waals surface area contributed by atoms with E-state index in [1.165, 1.54) is 5.56 Å². The van der Waals surface area contributed by atoms with Crippen LogP contribution in [0.3, 0.4) is 0 Å². The molecular formula is C16H15N3OS. The third kappa shape index (κ3) is 2.87. The Balaban J connectivity index is 1.84. The molecule has 1 amide bonds. The number of benzene rings is 2. The van der Waals surface area contributed by atoms with Gasteiger partial charge in [-0.2, -0.15) is 0 Å². The largest absolute Gasteiger partial charge is 0.332 e. The van der Waals surface area contributed by atoms with E-state index in [1.807, 2.05) is 60.4 Å². The van der Waals surface area contributed by atoms with Crippen molar-refractivity contribution in [2.24, 2.45) is 0 Å². The molecule has 1 aliphatic heterocycles. The van der Waals surface area contributed by atoms with E-state index in [-0.39, 0.29) is 12.5 Å². The van der Waals surface area contributed by atoms with E-state index in [1.54, 1.807) is 0 Å². The minimum Gasteiger partial charge on any atom is -0.332 e. The van der Waals surface area contributed by atoms with E-state index in [0.29, 0.717) is 5.11 Å². The van der Waals surface area contributed by atoms with Crippen molar-refractivity contribution in [3.8, 4) is 0 Å².